The molecule has 2 aromatic rings. The zero-order valence-corrected chi connectivity index (χ0v) is 28.0. The van der Waals surface area contributed by atoms with Crippen LogP contribution in [0.3, 0.4) is 0 Å². The lowest BCUT2D eigenvalue weighted by Crippen LogP contribution is -2.60. The maximum absolute atomic E-state index is 13.7. The van der Waals surface area contributed by atoms with Crippen molar-refractivity contribution in [3.05, 3.63) is 60.2 Å². The molecular weight excluding hydrogens is 592 g/mol. The summed E-state index contributed by atoms with van der Waals surface area (Å²) in [5.41, 5.74) is 0.551. The molecule has 0 aromatic carbocycles. The lowest BCUT2D eigenvalue weighted by Gasteiger charge is -2.28. The zero-order chi connectivity index (χ0) is 34.4. The van der Waals surface area contributed by atoms with Gasteiger partial charge in [0.25, 0.3) is 0 Å². The Bertz CT molecular complexity index is 1300. The van der Waals surface area contributed by atoms with Crippen LogP contribution in [0, 0.1) is 11.8 Å². The molecule has 252 valence electrons. The monoisotopic (exact) mass is 640 g/mol. The minimum absolute atomic E-state index is 0.0730. The van der Waals surface area contributed by atoms with Gasteiger partial charge in [-0.2, -0.15) is 0 Å². The van der Waals surface area contributed by atoms with E-state index >= 15 is 0 Å². The normalized spacial score (nSPS) is 14.0. The third kappa shape index (κ3) is 13.2. The van der Waals surface area contributed by atoms with Gasteiger partial charge in [-0.05, 0) is 62.3 Å². The van der Waals surface area contributed by atoms with Crippen molar-refractivity contribution in [2.75, 3.05) is 7.11 Å². The summed E-state index contributed by atoms with van der Waals surface area (Å²) in [6.45, 7) is 12.4. The van der Waals surface area contributed by atoms with Crippen LogP contribution in [0.4, 0.5) is 4.79 Å². The highest BCUT2D eigenvalue weighted by Crippen LogP contribution is 2.12. The number of ether oxygens (including phenoxy) is 2. The van der Waals surface area contributed by atoms with Crippen LogP contribution in [0.5, 0.6) is 0 Å². The number of hydrogen-bond acceptors (Lipinski definition) is 9. The molecule has 13 nitrogen and oxygen atoms in total. The van der Waals surface area contributed by atoms with Crippen LogP contribution in [-0.4, -0.2) is 76.6 Å². The van der Waals surface area contributed by atoms with Crippen molar-refractivity contribution in [3.8, 4) is 0 Å². The molecule has 2 heterocycles. The number of nitrogens with one attached hydrogen (secondary N) is 4. The van der Waals surface area contributed by atoms with Gasteiger partial charge in [0.05, 0.1) is 7.11 Å². The lowest BCUT2D eigenvalue weighted by atomic mass is 9.99. The summed E-state index contributed by atoms with van der Waals surface area (Å²) in [7, 11) is 1.24. The summed E-state index contributed by atoms with van der Waals surface area (Å²) in [6, 6.07) is 2.73. The van der Waals surface area contributed by atoms with Crippen molar-refractivity contribution in [3.63, 3.8) is 0 Å². The van der Waals surface area contributed by atoms with Crippen molar-refractivity contribution < 1.29 is 33.4 Å². The van der Waals surface area contributed by atoms with E-state index < -0.39 is 65.5 Å². The molecule has 13 heteroatoms. The largest absolute Gasteiger partial charge is 0.467 e. The van der Waals surface area contributed by atoms with E-state index in [1.165, 1.54) is 7.11 Å². The van der Waals surface area contributed by atoms with Gasteiger partial charge in [-0.1, -0.05) is 39.8 Å². The first-order chi connectivity index (χ1) is 21.6. The van der Waals surface area contributed by atoms with Crippen LogP contribution in [-0.2, 0) is 41.5 Å². The maximum atomic E-state index is 13.7. The van der Waals surface area contributed by atoms with Gasteiger partial charge in [-0.15, -0.1) is 0 Å². The third-order valence-corrected chi connectivity index (χ3v) is 6.72. The van der Waals surface area contributed by atoms with Crippen LogP contribution in [0.1, 0.15) is 66.0 Å². The van der Waals surface area contributed by atoms with E-state index in [9.17, 15) is 24.0 Å². The minimum Gasteiger partial charge on any atom is -0.467 e. The van der Waals surface area contributed by atoms with Gasteiger partial charge in [-0.25, -0.2) is 9.59 Å². The molecule has 0 aliphatic heterocycles. The van der Waals surface area contributed by atoms with E-state index in [1.807, 2.05) is 13.8 Å². The number of carbonyl (C=O) groups excluding carboxylic acids is 5. The number of methoxy groups -OCH3 is 1. The molecule has 0 bridgehead atoms. The number of alkyl carbamates (subject to hydrolysis) is 1. The first-order valence-electron chi connectivity index (χ1n) is 15.4. The highest BCUT2D eigenvalue weighted by molar-refractivity contribution is 5.95. The molecule has 0 aliphatic rings. The Morgan fingerprint density at radius 3 is 1.67 bits per heavy atom. The summed E-state index contributed by atoms with van der Waals surface area (Å²) >= 11 is 0. The molecule has 0 spiro atoms. The fourth-order valence-corrected chi connectivity index (χ4v) is 4.53. The highest BCUT2D eigenvalue weighted by Gasteiger charge is 2.34. The topological polar surface area (TPSA) is 178 Å². The highest BCUT2D eigenvalue weighted by atomic mass is 16.6. The molecule has 0 saturated carbocycles. The summed E-state index contributed by atoms with van der Waals surface area (Å²) in [5.74, 6) is -2.77. The Hall–Kier alpha value is -4.55. The van der Waals surface area contributed by atoms with Crippen molar-refractivity contribution in [1.82, 2.24) is 31.2 Å². The van der Waals surface area contributed by atoms with Gasteiger partial charge in [-0.3, -0.25) is 24.4 Å². The molecular formula is C33H48N6O7. The second kappa shape index (κ2) is 17.8. The van der Waals surface area contributed by atoms with Gasteiger partial charge in [0.2, 0.25) is 17.7 Å². The lowest BCUT2D eigenvalue weighted by molar-refractivity contribution is -0.146. The molecule has 4 atom stereocenters. The zero-order valence-electron chi connectivity index (χ0n) is 28.0. The Kier molecular flexibility index (Phi) is 14.6. The SMILES string of the molecule is COC(=O)[C@H](CC(C)C)NC(=O)[C@H](Cc1cccnc1)NC(=O)[C@@H](NC(=O)[C@H](Cc1cccnc1)NC(=O)OC(C)(C)C)C(C)C. The number of hydrogen-bond donors (Lipinski definition) is 4. The minimum atomic E-state index is -1.11. The maximum Gasteiger partial charge on any atom is 0.408 e. The van der Waals surface area contributed by atoms with Crippen molar-refractivity contribution >= 4 is 29.8 Å². The fraction of sp³-hybridized carbons (Fsp3) is 0.545. The summed E-state index contributed by atoms with van der Waals surface area (Å²) in [6.07, 6.45) is 6.03. The van der Waals surface area contributed by atoms with E-state index in [-0.39, 0.29) is 18.8 Å². The number of esters is 1. The Labute approximate surface area is 271 Å². The molecule has 0 fully saturated rings. The third-order valence-electron chi connectivity index (χ3n) is 6.72. The number of pyridine rings is 2. The Balaban J connectivity index is 2.31. The van der Waals surface area contributed by atoms with Crippen LogP contribution >= 0.6 is 0 Å². The van der Waals surface area contributed by atoms with Crippen LogP contribution < -0.4 is 21.3 Å². The predicted molar refractivity (Wildman–Crippen MR) is 171 cm³/mol. The average molecular weight is 641 g/mol. The van der Waals surface area contributed by atoms with Crippen LogP contribution in [0.25, 0.3) is 0 Å². The standard InChI is InChI=1S/C33H48N6O7/c1-20(2)15-26(31(43)45-8)37-28(40)24(16-22-11-9-13-34-18-22)36-30(42)27(21(3)4)39-29(41)25(17-23-12-10-14-35-19-23)38-32(44)46-33(5,6)7/h9-14,18-21,24-27H,15-17H2,1-8H3,(H,36,42)(H,37,40)(H,38,44)(H,39,41)/t24-,25-,26-,27-/m0/s1. The summed E-state index contributed by atoms with van der Waals surface area (Å²) in [5, 5.41) is 10.8. The van der Waals surface area contributed by atoms with E-state index in [0.717, 1.165) is 0 Å². The molecule has 2 rings (SSSR count). The predicted octanol–water partition coefficient (Wildman–Crippen LogP) is 2.48. The molecule has 4 N–H and O–H groups in total. The molecule has 0 aliphatic carbocycles. The first-order valence-corrected chi connectivity index (χ1v) is 15.4. The molecule has 0 unspecified atom stereocenters. The van der Waals surface area contributed by atoms with Crippen LogP contribution in [0.2, 0.25) is 0 Å². The smallest absolute Gasteiger partial charge is 0.408 e. The second-order valence-electron chi connectivity index (χ2n) is 12.8. The second-order valence-corrected chi connectivity index (χ2v) is 12.8. The number of aromatic nitrogens is 2. The van der Waals surface area contributed by atoms with Crippen molar-refractivity contribution in [2.24, 2.45) is 11.8 Å². The van der Waals surface area contributed by atoms with Gasteiger partial charge >= 0.3 is 12.1 Å². The molecule has 2 aromatic heterocycles. The quantitative estimate of drug-likeness (QED) is 0.213. The van der Waals surface area contributed by atoms with Gasteiger partial charge in [0.1, 0.15) is 29.8 Å². The summed E-state index contributed by atoms with van der Waals surface area (Å²) < 4.78 is 10.2. The Morgan fingerprint density at radius 2 is 1.24 bits per heavy atom. The molecule has 0 radical (unpaired) electrons. The van der Waals surface area contributed by atoms with E-state index in [0.29, 0.717) is 17.5 Å². The number of rotatable bonds is 15. The number of carbonyl (C=O) groups is 5. The van der Waals surface area contributed by atoms with Gasteiger partial charge in [0, 0.05) is 37.6 Å². The van der Waals surface area contributed by atoms with Crippen molar-refractivity contribution in [2.45, 2.75) is 97.5 Å². The van der Waals surface area contributed by atoms with Crippen molar-refractivity contribution in [1.29, 1.82) is 0 Å². The van der Waals surface area contributed by atoms with E-state index in [4.69, 9.17) is 9.47 Å². The van der Waals surface area contributed by atoms with Crippen LogP contribution in [0.15, 0.2) is 49.1 Å². The van der Waals surface area contributed by atoms with E-state index in [2.05, 4.69) is 31.2 Å². The number of nitrogens with zero attached hydrogens (tertiary/aromatic N) is 2. The van der Waals surface area contributed by atoms with Gasteiger partial charge in [0.15, 0.2) is 0 Å². The number of amides is 4. The first kappa shape index (κ1) is 37.6. The van der Waals surface area contributed by atoms with Gasteiger partial charge < -0.3 is 30.7 Å². The fourth-order valence-electron chi connectivity index (χ4n) is 4.53. The molecule has 4 amide bonds. The molecule has 46 heavy (non-hydrogen) atoms. The summed E-state index contributed by atoms with van der Waals surface area (Å²) in [4.78, 5) is 74.1. The average Bonchev–Trinajstić information content (AvgIpc) is 2.97. The Morgan fingerprint density at radius 1 is 0.739 bits per heavy atom. The van der Waals surface area contributed by atoms with E-state index in [1.54, 1.807) is 83.7 Å². The molecule has 0 saturated heterocycles.